The molecule has 3 heterocycles. The molecule has 146 valence electrons. The average Bonchev–Trinajstić information content (AvgIpc) is 3.11. The maximum absolute atomic E-state index is 13.6. The first-order valence-corrected chi connectivity index (χ1v) is 11.9. The molecule has 1 fully saturated rings. The number of aryl methyl sites for hydroxylation is 1. The van der Waals surface area contributed by atoms with Crippen LogP contribution in [0.3, 0.4) is 0 Å². The maximum Gasteiger partial charge on any atom is 0.245 e. The fraction of sp³-hybridized carbons (Fsp3) is 0.550. The van der Waals surface area contributed by atoms with Gasteiger partial charge in [0.2, 0.25) is 10.0 Å². The molecule has 0 atom stereocenters. The molecule has 2 aliphatic rings. The monoisotopic (exact) mass is 405 g/mol. The number of thiazole rings is 1. The van der Waals surface area contributed by atoms with Gasteiger partial charge in [-0.2, -0.15) is 0 Å². The van der Waals surface area contributed by atoms with Crippen molar-refractivity contribution in [1.29, 1.82) is 0 Å². The van der Waals surface area contributed by atoms with Crippen LogP contribution in [0.5, 0.6) is 0 Å². The van der Waals surface area contributed by atoms with Crippen LogP contribution in [0.25, 0.3) is 0 Å². The number of hydrogen-bond acceptors (Lipinski definition) is 5. The van der Waals surface area contributed by atoms with Gasteiger partial charge in [0.05, 0.1) is 16.9 Å². The Morgan fingerprint density at radius 2 is 1.93 bits per heavy atom. The molecule has 2 aliphatic heterocycles. The lowest BCUT2D eigenvalue weighted by Crippen LogP contribution is -2.48. The highest BCUT2D eigenvalue weighted by Crippen LogP contribution is 2.52. The number of rotatable bonds is 4. The lowest BCUT2D eigenvalue weighted by Gasteiger charge is -2.39. The van der Waals surface area contributed by atoms with E-state index < -0.39 is 14.8 Å². The van der Waals surface area contributed by atoms with Gasteiger partial charge in [0.1, 0.15) is 4.75 Å². The molecule has 7 heteroatoms. The van der Waals surface area contributed by atoms with E-state index in [0.717, 1.165) is 36.6 Å². The molecule has 0 bridgehead atoms. The van der Waals surface area contributed by atoms with Gasteiger partial charge >= 0.3 is 0 Å². The van der Waals surface area contributed by atoms with E-state index >= 15 is 0 Å². The summed E-state index contributed by atoms with van der Waals surface area (Å²) in [6.07, 6.45) is 1.30. The second-order valence-electron chi connectivity index (χ2n) is 8.08. The number of benzene rings is 1. The van der Waals surface area contributed by atoms with Gasteiger partial charge in [-0.05, 0) is 37.3 Å². The molecular weight excluding hydrogens is 378 g/mol. The van der Waals surface area contributed by atoms with Gasteiger partial charge in [-0.3, -0.25) is 9.21 Å². The van der Waals surface area contributed by atoms with Gasteiger partial charge in [-0.25, -0.2) is 13.4 Å². The largest absolute Gasteiger partial charge is 0.298 e. The number of piperidine rings is 1. The molecule has 0 unspecified atom stereocenters. The lowest BCUT2D eigenvalue weighted by molar-refractivity contribution is 0.190. The smallest absolute Gasteiger partial charge is 0.245 e. The van der Waals surface area contributed by atoms with E-state index in [1.54, 1.807) is 15.6 Å². The Hall–Kier alpha value is -1.44. The van der Waals surface area contributed by atoms with Crippen LogP contribution in [-0.2, 0) is 21.3 Å². The van der Waals surface area contributed by atoms with Crippen LogP contribution in [0, 0.1) is 12.8 Å². The van der Waals surface area contributed by atoms with Crippen molar-refractivity contribution in [3.8, 4) is 0 Å². The van der Waals surface area contributed by atoms with E-state index in [0.29, 0.717) is 19.4 Å². The summed E-state index contributed by atoms with van der Waals surface area (Å²) in [7, 11) is -3.40. The number of anilines is 1. The molecule has 0 N–H and O–H groups in total. The zero-order valence-electron chi connectivity index (χ0n) is 16.2. The molecule has 0 saturated carbocycles. The predicted molar refractivity (Wildman–Crippen MR) is 111 cm³/mol. The summed E-state index contributed by atoms with van der Waals surface area (Å²) in [6, 6.07) is 7.91. The maximum atomic E-state index is 13.6. The van der Waals surface area contributed by atoms with E-state index in [2.05, 4.69) is 23.7 Å². The first-order valence-electron chi connectivity index (χ1n) is 9.58. The number of fused-ring (bicyclic) bond motifs is 2. The SMILES string of the molecule is Cc1ncsc1CN1CCC2(CC1)c1ccccc1N(CC(C)C)S2(=O)=O. The summed E-state index contributed by atoms with van der Waals surface area (Å²) in [5.74, 6) is 0.289. The summed E-state index contributed by atoms with van der Waals surface area (Å²) >= 11 is 1.68. The normalized spacial score (nSPS) is 21.1. The van der Waals surface area contributed by atoms with Crippen LogP contribution < -0.4 is 4.31 Å². The molecule has 4 rings (SSSR count). The summed E-state index contributed by atoms with van der Waals surface area (Å²) in [5.41, 5.74) is 4.86. The average molecular weight is 406 g/mol. The van der Waals surface area contributed by atoms with Gasteiger partial charge in [0, 0.05) is 31.1 Å². The Balaban J connectivity index is 1.62. The second kappa shape index (κ2) is 6.87. The third kappa shape index (κ3) is 3.00. The predicted octanol–water partition coefficient (Wildman–Crippen LogP) is 3.75. The first kappa shape index (κ1) is 18.9. The van der Waals surface area contributed by atoms with E-state index in [-0.39, 0.29) is 5.92 Å². The van der Waals surface area contributed by atoms with Gasteiger partial charge in [-0.1, -0.05) is 32.0 Å². The fourth-order valence-electron chi connectivity index (χ4n) is 4.36. The topological polar surface area (TPSA) is 53.5 Å². The van der Waals surface area contributed by atoms with Gasteiger partial charge < -0.3 is 0 Å². The van der Waals surface area contributed by atoms with Gasteiger partial charge in [0.15, 0.2) is 0 Å². The van der Waals surface area contributed by atoms with E-state index in [1.807, 2.05) is 36.7 Å². The number of hydrogen-bond donors (Lipinski definition) is 0. The second-order valence-corrected chi connectivity index (χ2v) is 11.2. The van der Waals surface area contributed by atoms with Crippen LogP contribution in [0.1, 0.15) is 42.8 Å². The molecule has 1 spiro atoms. The van der Waals surface area contributed by atoms with Crippen molar-refractivity contribution in [3.63, 3.8) is 0 Å². The minimum Gasteiger partial charge on any atom is -0.298 e. The summed E-state index contributed by atoms with van der Waals surface area (Å²) in [6.45, 7) is 9.18. The van der Waals surface area contributed by atoms with E-state index in [9.17, 15) is 8.42 Å². The van der Waals surface area contributed by atoms with Crippen LogP contribution in [-0.4, -0.2) is 37.9 Å². The summed E-state index contributed by atoms with van der Waals surface area (Å²) in [5, 5.41) is 0. The van der Waals surface area contributed by atoms with Crippen LogP contribution >= 0.6 is 11.3 Å². The van der Waals surface area contributed by atoms with Crippen molar-refractivity contribution < 1.29 is 8.42 Å². The lowest BCUT2D eigenvalue weighted by atomic mass is 9.87. The molecule has 5 nitrogen and oxygen atoms in total. The third-order valence-electron chi connectivity index (χ3n) is 5.85. The Morgan fingerprint density at radius 1 is 1.22 bits per heavy atom. The molecule has 27 heavy (non-hydrogen) atoms. The molecular formula is C20H27N3O2S2. The molecule has 1 saturated heterocycles. The first-order chi connectivity index (χ1) is 12.8. The Morgan fingerprint density at radius 3 is 2.56 bits per heavy atom. The number of sulfonamides is 1. The summed E-state index contributed by atoms with van der Waals surface area (Å²) < 4.78 is 28.2. The standard InChI is InChI=1S/C20H27N3O2S2/c1-15(2)12-23-18-7-5-4-6-17(18)20(27(23,24)25)8-10-22(11-9-20)13-19-16(3)21-14-26-19/h4-7,14-15H,8-13H2,1-3H3. The Kier molecular flexibility index (Phi) is 4.81. The van der Waals surface area contributed by atoms with Crippen LogP contribution in [0.2, 0.25) is 0 Å². The third-order valence-corrected chi connectivity index (χ3v) is 9.32. The van der Waals surface area contributed by atoms with Crippen LogP contribution in [0.15, 0.2) is 29.8 Å². The van der Waals surface area contributed by atoms with Crippen molar-refractivity contribution in [2.75, 3.05) is 23.9 Å². The Labute approximate surface area is 166 Å². The van der Waals surface area contributed by atoms with E-state index in [4.69, 9.17) is 0 Å². The number of nitrogens with zero attached hydrogens (tertiary/aromatic N) is 3. The zero-order valence-corrected chi connectivity index (χ0v) is 17.8. The summed E-state index contributed by atoms with van der Waals surface area (Å²) in [4.78, 5) is 7.98. The van der Waals surface area contributed by atoms with Gasteiger partial charge in [-0.15, -0.1) is 11.3 Å². The minimum absolute atomic E-state index is 0.289. The highest BCUT2D eigenvalue weighted by molar-refractivity contribution is 7.94. The highest BCUT2D eigenvalue weighted by Gasteiger charge is 2.56. The van der Waals surface area contributed by atoms with Crippen molar-refractivity contribution in [2.24, 2.45) is 5.92 Å². The number of aromatic nitrogens is 1. The van der Waals surface area contributed by atoms with E-state index in [1.165, 1.54) is 4.88 Å². The molecule has 0 radical (unpaired) electrons. The molecule has 0 aliphatic carbocycles. The molecule has 1 aromatic carbocycles. The minimum atomic E-state index is -3.40. The van der Waals surface area contributed by atoms with Crippen molar-refractivity contribution in [1.82, 2.24) is 9.88 Å². The molecule has 1 aromatic heterocycles. The molecule has 0 amide bonds. The zero-order chi connectivity index (χ0) is 19.2. The van der Waals surface area contributed by atoms with Crippen molar-refractivity contribution in [3.05, 3.63) is 45.9 Å². The number of para-hydroxylation sites is 1. The van der Waals surface area contributed by atoms with Gasteiger partial charge in [0.25, 0.3) is 0 Å². The Bertz CT molecular complexity index is 928. The molecule has 2 aromatic rings. The quantitative estimate of drug-likeness (QED) is 0.777. The fourth-order valence-corrected chi connectivity index (χ4v) is 7.67. The number of likely N-dealkylation sites (tertiary alicyclic amines) is 1. The van der Waals surface area contributed by atoms with Crippen molar-refractivity contribution in [2.45, 2.75) is 44.9 Å². The van der Waals surface area contributed by atoms with Crippen molar-refractivity contribution >= 4 is 27.0 Å². The highest BCUT2D eigenvalue weighted by atomic mass is 32.2. The van der Waals surface area contributed by atoms with Crippen LogP contribution in [0.4, 0.5) is 5.69 Å².